The molecular weight excluding hydrogens is 572 g/mol. The molecule has 46 heavy (non-hydrogen) atoms. The quantitative estimate of drug-likeness (QED) is 0.187. The molecule has 0 spiro atoms. The first-order valence-corrected chi connectivity index (χ1v) is 18.5. The van der Waals surface area contributed by atoms with Crippen molar-refractivity contribution in [1.29, 1.82) is 0 Å². The number of carbonyl (C=O) groups excluding carboxylic acids is 3. The summed E-state index contributed by atoms with van der Waals surface area (Å²) in [6.45, 7) is 18.1. The van der Waals surface area contributed by atoms with E-state index in [0.717, 1.165) is 103 Å². The van der Waals surface area contributed by atoms with Crippen molar-refractivity contribution >= 4 is 17.7 Å². The van der Waals surface area contributed by atoms with Gasteiger partial charge in [-0.15, -0.1) is 0 Å². The summed E-state index contributed by atoms with van der Waals surface area (Å²) in [5, 5.41) is 0. The van der Waals surface area contributed by atoms with E-state index in [1.54, 1.807) is 0 Å². The molecule has 0 aliphatic heterocycles. The van der Waals surface area contributed by atoms with Gasteiger partial charge >= 0.3 is 11.9 Å². The molecule has 0 saturated heterocycles. The van der Waals surface area contributed by atoms with Crippen molar-refractivity contribution in [2.75, 3.05) is 14.2 Å². The van der Waals surface area contributed by atoms with Crippen LogP contribution in [0.2, 0.25) is 0 Å². The fourth-order valence-electron chi connectivity index (χ4n) is 12.1. The van der Waals surface area contributed by atoms with Gasteiger partial charge in [0.15, 0.2) is 0 Å². The number of carbonyl (C=O) groups is 3. The van der Waals surface area contributed by atoms with Gasteiger partial charge in [0.1, 0.15) is 5.78 Å². The largest absolute Gasteiger partial charge is 0.469 e. The van der Waals surface area contributed by atoms with Gasteiger partial charge in [-0.25, -0.2) is 0 Å². The van der Waals surface area contributed by atoms with Crippen LogP contribution in [0.1, 0.15) is 137 Å². The van der Waals surface area contributed by atoms with Crippen LogP contribution in [-0.2, 0) is 23.9 Å². The summed E-state index contributed by atoms with van der Waals surface area (Å²) >= 11 is 0. The Hall–Kier alpha value is -2.17. The molecule has 5 nitrogen and oxygen atoms in total. The maximum atomic E-state index is 13.6. The van der Waals surface area contributed by atoms with Gasteiger partial charge in [-0.3, -0.25) is 14.4 Å². The van der Waals surface area contributed by atoms with Gasteiger partial charge in [0.25, 0.3) is 0 Å². The number of hydrogen-bond acceptors (Lipinski definition) is 5. The van der Waals surface area contributed by atoms with Gasteiger partial charge < -0.3 is 9.47 Å². The van der Waals surface area contributed by atoms with Crippen LogP contribution in [-0.4, -0.2) is 31.9 Å². The zero-order valence-corrected chi connectivity index (χ0v) is 29.9. The predicted octanol–water partition coefficient (Wildman–Crippen LogP) is 9.75. The summed E-state index contributed by atoms with van der Waals surface area (Å²) < 4.78 is 10.6. The molecule has 4 saturated carbocycles. The molecule has 9 unspecified atom stereocenters. The van der Waals surface area contributed by atoms with Crippen LogP contribution in [0, 0.1) is 51.2 Å². The van der Waals surface area contributed by atoms with Gasteiger partial charge in [-0.05, 0) is 138 Å². The maximum absolute atomic E-state index is 13.6. The minimum Gasteiger partial charge on any atom is -0.469 e. The van der Waals surface area contributed by atoms with Crippen LogP contribution in [0.25, 0.3) is 0 Å². The highest BCUT2D eigenvalue weighted by Crippen LogP contribution is 2.63. The number of ketones is 1. The molecule has 0 aromatic heterocycles. The Morgan fingerprint density at radius 2 is 1.24 bits per heavy atom. The van der Waals surface area contributed by atoms with E-state index < -0.39 is 10.8 Å². The molecule has 9 atom stereocenters. The normalized spacial score (nSPS) is 41.1. The standard InChI is InChI=1S/C41H62O5/c1-27-11-21-34-38(3,23-9-25-40(34,5)36(43)45-7)31(27)18-15-29-13-16-30(17-14-29)33(42)20-19-32-28(2)12-22-35-39(32,4)24-10-26-41(35,6)37(44)46-8/h13,30-32,34-35H,1-2,9-12,14-26H2,3-8H3. The minimum absolute atomic E-state index is 0.0121. The first kappa shape index (κ1) is 35.1. The molecule has 5 rings (SSSR count). The zero-order valence-electron chi connectivity index (χ0n) is 29.9. The second-order valence-electron chi connectivity index (χ2n) is 17.0. The molecule has 0 heterocycles. The molecule has 0 amide bonds. The molecule has 5 aliphatic rings. The average Bonchev–Trinajstić information content (AvgIpc) is 3.03. The van der Waals surface area contributed by atoms with Crippen molar-refractivity contribution in [3.63, 3.8) is 0 Å². The summed E-state index contributed by atoms with van der Waals surface area (Å²) in [5.74, 6) is 1.71. The lowest BCUT2D eigenvalue weighted by molar-refractivity contribution is -0.168. The highest BCUT2D eigenvalue weighted by molar-refractivity contribution is 5.81. The van der Waals surface area contributed by atoms with Crippen LogP contribution < -0.4 is 0 Å². The van der Waals surface area contributed by atoms with Crippen LogP contribution in [0.15, 0.2) is 36.0 Å². The Bertz CT molecular complexity index is 1260. The molecule has 0 bridgehead atoms. The van der Waals surface area contributed by atoms with Crippen LogP contribution in [0.5, 0.6) is 0 Å². The Kier molecular flexibility index (Phi) is 10.2. The fraction of sp³-hybridized carbons (Fsp3) is 0.780. The minimum atomic E-state index is -0.449. The van der Waals surface area contributed by atoms with Crippen molar-refractivity contribution < 1.29 is 23.9 Å². The molecular formula is C41H62O5. The lowest BCUT2D eigenvalue weighted by Crippen LogP contribution is -2.53. The number of Topliss-reactive ketones (excluding diaryl/α,β-unsaturated/α-hetero) is 1. The van der Waals surface area contributed by atoms with Gasteiger partial charge in [0.05, 0.1) is 25.0 Å². The monoisotopic (exact) mass is 634 g/mol. The number of methoxy groups -OCH3 is 2. The maximum Gasteiger partial charge on any atom is 0.311 e. The van der Waals surface area contributed by atoms with E-state index in [-0.39, 0.29) is 40.5 Å². The Balaban J connectivity index is 1.18. The Morgan fingerprint density at radius 3 is 1.70 bits per heavy atom. The SMILES string of the molecule is C=C1CCC2C(C)(C(=O)OC)CCCC2(C)C1CCC(=O)C1CC=C(CCC2C(=C)CCC3C(C)(C(=O)OC)CCCC23C)CC1. The van der Waals surface area contributed by atoms with Crippen molar-refractivity contribution in [3.05, 3.63) is 36.0 Å². The molecule has 0 aromatic rings. The van der Waals surface area contributed by atoms with Gasteiger partial charge in [0.2, 0.25) is 0 Å². The molecule has 5 aliphatic carbocycles. The molecule has 5 heteroatoms. The number of hydrogen-bond donors (Lipinski definition) is 0. The highest BCUT2D eigenvalue weighted by Gasteiger charge is 2.59. The molecule has 0 aromatic carbocycles. The van der Waals surface area contributed by atoms with Gasteiger partial charge in [0, 0.05) is 12.3 Å². The third-order valence-corrected chi connectivity index (χ3v) is 14.7. The van der Waals surface area contributed by atoms with Crippen LogP contribution in [0.3, 0.4) is 0 Å². The average molecular weight is 635 g/mol. The first-order chi connectivity index (χ1) is 21.7. The van der Waals surface area contributed by atoms with E-state index in [9.17, 15) is 14.4 Å². The fourth-order valence-corrected chi connectivity index (χ4v) is 12.1. The van der Waals surface area contributed by atoms with Crippen molar-refractivity contribution in [2.45, 2.75) is 137 Å². The van der Waals surface area contributed by atoms with Crippen molar-refractivity contribution in [3.8, 4) is 0 Å². The lowest BCUT2D eigenvalue weighted by atomic mass is 9.46. The number of rotatable bonds is 9. The molecule has 4 fully saturated rings. The van der Waals surface area contributed by atoms with E-state index in [2.05, 4.69) is 46.9 Å². The first-order valence-electron chi connectivity index (χ1n) is 18.5. The number of fused-ring (bicyclic) bond motifs is 2. The Labute approximate surface area is 279 Å². The smallest absolute Gasteiger partial charge is 0.311 e. The predicted molar refractivity (Wildman–Crippen MR) is 184 cm³/mol. The van der Waals surface area contributed by atoms with E-state index in [4.69, 9.17) is 9.47 Å². The van der Waals surface area contributed by atoms with Crippen molar-refractivity contribution in [1.82, 2.24) is 0 Å². The van der Waals surface area contributed by atoms with Crippen LogP contribution in [0.4, 0.5) is 0 Å². The summed E-state index contributed by atoms with van der Waals surface area (Å²) in [6, 6.07) is 0. The third kappa shape index (κ3) is 6.00. The van der Waals surface area contributed by atoms with E-state index in [1.807, 2.05) is 0 Å². The number of ether oxygens (including phenoxy) is 2. The molecule has 0 N–H and O–H groups in total. The van der Waals surface area contributed by atoms with E-state index in [0.29, 0.717) is 24.0 Å². The van der Waals surface area contributed by atoms with Crippen LogP contribution >= 0.6 is 0 Å². The second-order valence-corrected chi connectivity index (χ2v) is 17.0. The lowest BCUT2D eigenvalue weighted by Gasteiger charge is -2.57. The van der Waals surface area contributed by atoms with Gasteiger partial charge in [-0.2, -0.15) is 0 Å². The van der Waals surface area contributed by atoms with Crippen molar-refractivity contribution in [2.24, 2.45) is 51.2 Å². The zero-order chi connectivity index (χ0) is 33.5. The van der Waals surface area contributed by atoms with E-state index in [1.165, 1.54) is 30.9 Å². The second kappa shape index (κ2) is 13.4. The Morgan fingerprint density at radius 1 is 0.739 bits per heavy atom. The topological polar surface area (TPSA) is 69.7 Å². The van der Waals surface area contributed by atoms with E-state index >= 15 is 0 Å². The summed E-state index contributed by atoms with van der Waals surface area (Å²) in [4.78, 5) is 39.5. The molecule has 256 valence electrons. The number of allylic oxidation sites excluding steroid dienone is 4. The summed E-state index contributed by atoms with van der Waals surface area (Å²) in [7, 11) is 3.05. The summed E-state index contributed by atoms with van der Waals surface area (Å²) in [6.07, 6.45) is 18.9. The third-order valence-electron chi connectivity index (χ3n) is 14.7. The highest BCUT2D eigenvalue weighted by atomic mass is 16.5. The molecule has 0 radical (unpaired) electrons. The number of esters is 2. The summed E-state index contributed by atoms with van der Waals surface area (Å²) in [5.41, 5.74) is 3.35. The van der Waals surface area contributed by atoms with Gasteiger partial charge in [-0.1, -0.05) is 62.6 Å².